The first-order valence-electron chi connectivity index (χ1n) is 9.04. The number of hydrogen-bond donors (Lipinski definition) is 0. The fraction of sp³-hybridized carbons (Fsp3) is 0.421. The normalized spacial score (nSPS) is 22.2. The second kappa shape index (κ2) is 5.72. The molecule has 3 aromatic rings. The SMILES string of the molecule is C=CCn1c(Cc2cn3ccccc3n2)nnc1N1CC2CCC1C2. The summed E-state index contributed by atoms with van der Waals surface area (Å²) >= 11 is 0. The number of nitrogens with zero attached hydrogens (tertiary/aromatic N) is 6. The number of aromatic nitrogens is 5. The summed E-state index contributed by atoms with van der Waals surface area (Å²) in [7, 11) is 0. The number of allylic oxidation sites excluding steroid dienone is 1. The monoisotopic (exact) mass is 334 g/mol. The topological polar surface area (TPSA) is 51.3 Å². The minimum atomic E-state index is 0.640. The Morgan fingerprint density at radius 1 is 1.24 bits per heavy atom. The molecule has 25 heavy (non-hydrogen) atoms. The van der Waals surface area contributed by atoms with Gasteiger partial charge in [-0.3, -0.25) is 4.57 Å². The van der Waals surface area contributed by atoms with Gasteiger partial charge in [-0.15, -0.1) is 16.8 Å². The maximum absolute atomic E-state index is 4.70. The van der Waals surface area contributed by atoms with Crippen LogP contribution in [-0.4, -0.2) is 36.7 Å². The molecule has 0 amide bonds. The van der Waals surface area contributed by atoms with E-state index >= 15 is 0 Å². The maximum Gasteiger partial charge on any atom is 0.227 e. The Morgan fingerprint density at radius 3 is 2.96 bits per heavy atom. The van der Waals surface area contributed by atoms with Crippen LogP contribution in [0.25, 0.3) is 5.65 Å². The molecule has 0 spiro atoms. The zero-order valence-corrected chi connectivity index (χ0v) is 14.3. The molecule has 128 valence electrons. The summed E-state index contributed by atoms with van der Waals surface area (Å²) in [4.78, 5) is 7.15. The average Bonchev–Trinajstić information content (AvgIpc) is 3.38. The lowest BCUT2D eigenvalue weighted by molar-refractivity contribution is 0.539. The van der Waals surface area contributed by atoms with Crippen LogP contribution in [0.3, 0.4) is 0 Å². The Kier molecular flexibility index (Phi) is 3.36. The van der Waals surface area contributed by atoms with E-state index in [0.29, 0.717) is 12.5 Å². The lowest BCUT2D eigenvalue weighted by Gasteiger charge is -2.28. The highest BCUT2D eigenvalue weighted by Crippen LogP contribution is 2.39. The number of piperidine rings is 1. The molecule has 2 fully saturated rings. The number of anilines is 1. The molecular formula is C19H22N6. The Hall–Kier alpha value is -2.63. The predicted octanol–water partition coefficient (Wildman–Crippen LogP) is 2.69. The van der Waals surface area contributed by atoms with Gasteiger partial charge in [0.2, 0.25) is 5.95 Å². The molecule has 6 nitrogen and oxygen atoms in total. The van der Waals surface area contributed by atoms with Crippen molar-refractivity contribution in [2.24, 2.45) is 5.92 Å². The Bertz CT molecular complexity index is 890. The predicted molar refractivity (Wildman–Crippen MR) is 96.7 cm³/mol. The summed E-state index contributed by atoms with van der Waals surface area (Å²) in [5.74, 6) is 2.80. The van der Waals surface area contributed by atoms with Gasteiger partial charge < -0.3 is 9.30 Å². The van der Waals surface area contributed by atoms with Crippen molar-refractivity contribution in [3.05, 3.63) is 54.8 Å². The van der Waals surface area contributed by atoms with Crippen LogP contribution >= 0.6 is 0 Å². The summed E-state index contributed by atoms with van der Waals surface area (Å²) < 4.78 is 4.25. The van der Waals surface area contributed by atoms with Gasteiger partial charge in [-0.2, -0.15) is 0 Å². The molecule has 0 N–H and O–H groups in total. The van der Waals surface area contributed by atoms with Crippen molar-refractivity contribution in [3.63, 3.8) is 0 Å². The van der Waals surface area contributed by atoms with Crippen LogP contribution in [0.4, 0.5) is 5.95 Å². The molecule has 5 rings (SSSR count). The van der Waals surface area contributed by atoms with Crippen LogP contribution in [0, 0.1) is 5.92 Å². The highest BCUT2D eigenvalue weighted by Gasteiger charge is 2.40. The molecule has 1 saturated carbocycles. The van der Waals surface area contributed by atoms with Crippen molar-refractivity contribution in [3.8, 4) is 0 Å². The number of pyridine rings is 1. The van der Waals surface area contributed by atoms with Crippen molar-refractivity contribution in [1.29, 1.82) is 0 Å². The van der Waals surface area contributed by atoms with Crippen LogP contribution < -0.4 is 4.90 Å². The second-order valence-electron chi connectivity index (χ2n) is 7.18. The van der Waals surface area contributed by atoms with Gasteiger partial charge in [-0.1, -0.05) is 12.1 Å². The van der Waals surface area contributed by atoms with Gasteiger partial charge in [0, 0.05) is 31.5 Å². The maximum atomic E-state index is 4.70. The quantitative estimate of drug-likeness (QED) is 0.673. The first-order chi connectivity index (χ1) is 12.3. The third-order valence-electron chi connectivity index (χ3n) is 5.54. The van der Waals surface area contributed by atoms with Gasteiger partial charge in [-0.05, 0) is 37.3 Å². The van der Waals surface area contributed by atoms with Crippen molar-refractivity contribution in [1.82, 2.24) is 24.1 Å². The number of hydrogen-bond acceptors (Lipinski definition) is 4. The van der Waals surface area contributed by atoms with Crippen LogP contribution in [0.15, 0.2) is 43.2 Å². The molecule has 2 atom stereocenters. The molecule has 1 aliphatic heterocycles. The van der Waals surface area contributed by atoms with Crippen molar-refractivity contribution >= 4 is 11.6 Å². The lowest BCUT2D eigenvalue weighted by atomic mass is 10.1. The first kappa shape index (κ1) is 14.7. The molecule has 0 radical (unpaired) electrons. The van der Waals surface area contributed by atoms with E-state index in [0.717, 1.165) is 42.1 Å². The van der Waals surface area contributed by atoms with Gasteiger partial charge in [0.05, 0.1) is 12.1 Å². The Morgan fingerprint density at radius 2 is 2.20 bits per heavy atom. The van der Waals surface area contributed by atoms with Gasteiger partial charge in [0.25, 0.3) is 0 Å². The standard InChI is InChI=1S/C19H22N6/c1-2-8-24-18(11-15-13-23-9-4-3-5-17(23)20-15)21-22-19(24)25-12-14-6-7-16(25)10-14/h2-5,9,13-14,16H,1,6-8,10-12H2. The zero-order valence-electron chi connectivity index (χ0n) is 14.3. The van der Waals surface area contributed by atoms with Crippen LogP contribution in [0.2, 0.25) is 0 Å². The third kappa shape index (κ3) is 2.44. The molecule has 2 bridgehead atoms. The molecule has 6 heteroatoms. The molecular weight excluding hydrogens is 312 g/mol. The van der Waals surface area contributed by atoms with Gasteiger partial charge in [0.15, 0.2) is 0 Å². The number of rotatable bonds is 5. The van der Waals surface area contributed by atoms with Crippen LogP contribution in [0.1, 0.15) is 30.8 Å². The largest absolute Gasteiger partial charge is 0.338 e. The van der Waals surface area contributed by atoms with Crippen molar-refractivity contribution in [2.45, 2.75) is 38.3 Å². The minimum Gasteiger partial charge on any atom is -0.338 e. The number of imidazole rings is 1. The van der Waals surface area contributed by atoms with E-state index in [2.05, 4.69) is 32.4 Å². The summed E-state index contributed by atoms with van der Waals surface area (Å²) in [6.45, 7) is 5.77. The van der Waals surface area contributed by atoms with Gasteiger partial charge >= 0.3 is 0 Å². The van der Waals surface area contributed by atoms with E-state index in [9.17, 15) is 0 Å². The van der Waals surface area contributed by atoms with Gasteiger partial charge in [0.1, 0.15) is 11.5 Å². The third-order valence-corrected chi connectivity index (χ3v) is 5.54. The molecule has 1 aliphatic carbocycles. The highest BCUT2D eigenvalue weighted by molar-refractivity contribution is 5.41. The molecule has 1 saturated heterocycles. The average molecular weight is 334 g/mol. The molecule has 4 heterocycles. The van der Waals surface area contributed by atoms with Crippen LogP contribution in [0.5, 0.6) is 0 Å². The van der Waals surface area contributed by atoms with E-state index in [-0.39, 0.29) is 0 Å². The summed E-state index contributed by atoms with van der Waals surface area (Å²) in [6, 6.07) is 6.68. The van der Waals surface area contributed by atoms with Crippen molar-refractivity contribution < 1.29 is 0 Å². The van der Waals surface area contributed by atoms with E-state index in [1.807, 2.05) is 34.9 Å². The Balaban J connectivity index is 1.47. The fourth-order valence-corrected chi connectivity index (χ4v) is 4.39. The first-order valence-corrected chi connectivity index (χ1v) is 9.04. The van der Waals surface area contributed by atoms with E-state index in [4.69, 9.17) is 4.98 Å². The van der Waals surface area contributed by atoms with E-state index in [1.165, 1.54) is 19.3 Å². The fourth-order valence-electron chi connectivity index (χ4n) is 4.39. The van der Waals surface area contributed by atoms with Crippen molar-refractivity contribution in [2.75, 3.05) is 11.4 Å². The second-order valence-corrected chi connectivity index (χ2v) is 7.18. The summed E-state index contributed by atoms with van der Waals surface area (Å²) in [5.41, 5.74) is 1.97. The number of fused-ring (bicyclic) bond motifs is 3. The molecule has 2 unspecified atom stereocenters. The zero-order chi connectivity index (χ0) is 16.8. The molecule has 0 aromatic carbocycles. The highest BCUT2D eigenvalue weighted by atomic mass is 15.4. The van der Waals surface area contributed by atoms with E-state index < -0.39 is 0 Å². The minimum absolute atomic E-state index is 0.640. The summed E-state index contributed by atoms with van der Waals surface area (Å²) in [5, 5.41) is 9.04. The smallest absolute Gasteiger partial charge is 0.227 e. The van der Waals surface area contributed by atoms with Crippen LogP contribution in [-0.2, 0) is 13.0 Å². The molecule has 3 aromatic heterocycles. The summed E-state index contributed by atoms with van der Waals surface area (Å²) in [6.07, 6.45) is 10.7. The Labute approximate surface area is 146 Å². The molecule has 2 aliphatic rings. The lowest BCUT2D eigenvalue weighted by Crippen LogP contribution is -2.34. The van der Waals surface area contributed by atoms with E-state index in [1.54, 1.807) is 0 Å². The van der Waals surface area contributed by atoms with Gasteiger partial charge in [-0.25, -0.2) is 4.98 Å².